The highest BCUT2D eigenvalue weighted by atomic mass is 32.1. The van der Waals surface area contributed by atoms with Gasteiger partial charge in [0.25, 0.3) is 5.91 Å². The molecular weight excluding hydrogens is 376 g/mol. The average Bonchev–Trinajstić information content (AvgIpc) is 3.16. The van der Waals surface area contributed by atoms with Crippen molar-refractivity contribution in [1.29, 1.82) is 0 Å². The Balaban J connectivity index is 1.63. The minimum atomic E-state index is -0.760. The van der Waals surface area contributed by atoms with Crippen LogP contribution >= 0.6 is 11.3 Å². The van der Waals surface area contributed by atoms with E-state index >= 15 is 0 Å². The third-order valence-electron chi connectivity index (χ3n) is 4.05. The highest BCUT2D eigenvalue weighted by Crippen LogP contribution is 2.26. The van der Waals surface area contributed by atoms with E-state index in [9.17, 15) is 9.59 Å². The number of methoxy groups -OCH3 is 1. The average molecular weight is 396 g/mol. The van der Waals surface area contributed by atoms with Crippen LogP contribution in [0.5, 0.6) is 5.75 Å². The van der Waals surface area contributed by atoms with Crippen LogP contribution in [-0.2, 0) is 4.79 Å². The van der Waals surface area contributed by atoms with Gasteiger partial charge in [0.05, 0.1) is 12.7 Å². The number of aromatic nitrogens is 2. The summed E-state index contributed by atoms with van der Waals surface area (Å²) in [6.45, 7) is 3.61. The predicted octanol–water partition coefficient (Wildman–Crippen LogP) is 3.28. The van der Waals surface area contributed by atoms with Crippen molar-refractivity contribution in [3.63, 3.8) is 0 Å². The number of carbonyl (C=O) groups excluding carboxylic acids is 2. The number of ether oxygens (including phenoxy) is 1. The van der Waals surface area contributed by atoms with E-state index in [1.807, 2.05) is 31.2 Å². The lowest BCUT2D eigenvalue weighted by molar-refractivity contribution is -0.117. The van der Waals surface area contributed by atoms with Crippen molar-refractivity contribution in [2.24, 2.45) is 0 Å². The minimum Gasteiger partial charge on any atom is -0.496 e. The zero-order chi connectivity index (χ0) is 20.1. The number of anilines is 1. The fourth-order valence-corrected chi connectivity index (χ4v) is 3.22. The van der Waals surface area contributed by atoms with Crippen molar-refractivity contribution >= 4 is 28.3 Å². The molecule has 1 heterocycles. The molecule has 0 saturated carbocycles. The van der Waals surface area contributed by atoms with Crippen LogP contribution in [0.4, 0.5) is 5.13 Å². The van der Waals surface area contributed by atoms with Crippen molar-refractivity contribution < 1.29 is 14.3 Å². The molecule has 0 aliphatic rings. The molecule has 8 heteroatoms. The summed E-state index contributed by atoms with van der Waals surface area (Å²) < 4.78 is 5.18. The Morgan fingerprint density at radius 3 is 2.50 bits per heavy atom. The predicted molar refractivity (Wildman–Crippen MR) is 109 cm³/mol. The van der Waals surface area contributed by atoms with Gasteiger partial charge in [0.15, 0.2) is 0 Å². The van der Waals surface area contributed by atoms with E-state index in [2.05, 4.69) is 20.8 Å². The van der Waals surface area contributed by atoms with Crippen LogP contribution in [0, 0.1) is 6.92 Å². The first-order chi connectivity index (χ1) is 13.5. The molecule has 1 aromatic heterocycles. The van der Waals surface area contributed by atoms with E-state index in [0.29, 0.717) is 21.5 Å². The molecule has 3 rings (SSSR count). The molecular formula is C20H20N4O3S. The molecule has 1 atom stereocenters. The molecule has 3 aromatic rings. The van der Waals surface area contributed by atoms with E-state index < -0.39 is 11.9 Å². The largest absolute Gasteiger partial charge is 0.496 e. The van der Waals surface area contributed by atoms with Crippen LogP contribution in [0.25, 0.3) is 10.6 Å². The number of amides is 2. The van der Waals surface area contributed by atoms with Gasteiger partial charge in [-0.1, -0.05) is 53.3 Å². The summed E-state index contributed by atoms with van der Waals surface area (Å²) in [7, 11) is 1.49. The lowest BCUT2D eigenvalue weighted by Gasteiger charge is -2.14. The van der Waals surface area contributed by atoms with Crippen LogP contribution in [0.1, 0.15) is 22.8 Å². The molecule has 0 aliphatic heterocycles. The van der Waals surface area contributed by atoms with Crippen molar-refractivity contribution in [2.45, 2.75) is 19.9 Å². The molecule has 0 radical (unpaired) electrons. The lowest BCUT2D eigenvalue weighted by Crippen LogP contribution is -2.41. The first-order valence-electron chi connectivity index (χ1n) is 8.63. The number of benzene rings is 2. The Kier molecular flexibility index (Phi) is 6.00. The topological polar surface area (TPSA) is 93.2 Å². The smallest absolute Gasteiger partial charge is 0.255 e. The van der Waals surface area contributed by atoms with Gasteiger partial charge in [-0.2, -0.15) is 0 Å². The van der Waals surface area contributed by atoms with E-state index in [4.69, 9.17) is 4.74 Å². The number of rotatable bonds is 6. The molecule has 144 valence electrons. The molecule has 2 N–H and O–H groups in total. The van der Waals surface area contributed by atoms with Gasteiger partial charge in [-0.05, 0) is 26.0 Å². The fourth-order valence-electron chi connectivity index (χ4n) is 2.47. The van der Waals surface area contributed by atoms with Crippen LogP contribution in [0.15, 0.2) is 48.5 Å². The zero-order valence-corrected chi connectivity index (χ0v) is 16.5. The van der Waals surface area contributed by atoms with Gasteiger partial charge in [0.1, 0.15) is 16.8 Å². The summed E-state index contributed by atoms with van der Waals surface area (Å²) in [5.41, 5.74) is 2.45. The molecule has 2 aromatic carbocycles. The Morgan fingerprint density at radius 1 is 1.07 bits per heavy atom. The maximum Gasteiger partial charge on any atom is 0.255 e. The van der Waals surface area contributed by atoms with Crippen molar-refractivity contribution in [1.82, 2.24) is 15.5 Å². The Hall–Kier alpha value is -3.26. The van der Waals surface area contributed by atoms with Gasteiger partial charge >= 0.3 is 0 Å². The highest BCUT2D eigenvalue weighted by molar-refractivity contribution is 7.18. The molecule has 0 spiro atoms. The first kappa shape index (κ1) is 19.5. The second-order valence-corrected chi connectivity index (χ2v) is 7.14. The SMILES string of the molecule is COc1ccccc1C(=O)N[C@H](C)C(=O)Nc1nnc(-c2ccc(C)cc2)s1. The molecule has 0 fully saturated rings. The van der Waals surface area contributed by atoms with Gasteiger partial charge in [-0.25, -0.2) is 0 Å². The third kappa shape index (κ3) is 4.52. The lowest BCUT2D eigenvalue weighted by atomic mass is 10.1. The number of hydrogen-bond donors (Lipinski definition) is 2. The molecule has 0 saturated heterocycles. The summed E-state index contributed by atoms with van der Waals surface area (Å²) in [4.78, 5) is 24.8. The summed E-state index contributed by atoms with van der Waals surface area (Å²) in [6, 6.07) is 14.0. The van der Waals surface area contributed by atoms with Gasteiger partial charge < -0.3 is 10.1 Å². The number of nitrogens with one attached hydrogen (secondary N) is 2. The second-order valence-electron chi connectivity index (χ2n) is 6.16. The Labute approximate surface area is 166 Å². The molecule has 28 heavy (non-hydrogen) atoms. The highest BCUT2D eigenvalue weighted by Gasteiger charge is 2.20. The normalized spacial score (nSPS) is 11.5. The molecule has 0 aliphatic carbocycles. The standard InChI is InChI=1S/C20H20N4O3S/c1-12-8-10-14(11-9-12)19-23-24-20(28-19)22-17(25)13(2)21-18(26)15-6-4-5-7-16(15)27-3/h4-11,13H,1-3H3,(H,21,26)(H,22,24,25)/t13-/m1/s1. The Bertz CT molecular complexity index is 985. The summed E-state index contributed by atoms with van der Waals surface area (Å²) in [5, 5.41) is 14.5. The number of para-hydroxylation sites is 1. The second kappa shape index (κ2) is 8.62. The van der Waals surface area contributed by atoms with E-state index in [1.165, 1.54) is 18.4 Å². The van der Waals surface area contributed by atoms with Crippen molar-refractivity contribution in [3.05, 3.63) is 59.7 Å². The maximum atomic E-state index is 12.4. The quantitative estimate of drug-likeness (QED) is 0.667. The van der Waals surface area contributed by atoms with Crippen LogP contribution in [0.3, 0.4) is 0 Å². The number of aryl methyl sites for hydroxylation is 1. The molecule has 0 bridgehead atoms. The molecule has 0 unspecified atom stereocenters. The Morgan fingerprint density at radius 2 is 1.79 bits per heavy atom. The van der Waals surface area contributed by atoms with E-state index in [0.717, 1.165) is 11.1 Å². The van der Waals surface area contributed by atoms with E-state index in [1.54, 1.807) is 31.2 Å². The number of nitrogens with zero attached hydrogens (tertiary/aromatic N) is 2. The maximum absolute atomic E-state index is 12.4. The summed E-state index contributed by atoms with van der Waals surface area (Å²) in [6.07, 6.45) is 0. The van der Waals surface area contributed by atoms with Gasteiger partial charge in [-0.3, -0.25) is 14.9 Å². The summed E-state index contributed by atoms with van der Waals surface area (Å²) >= 11 is 1.27. The minimum absolute atomic E-state index is 0.363. The van der Waals surface area contributed by atoms with E-state index in [-0.39, 0.29) is 5.91 Å². The van der Waals surface area contributed by atoms with Crippen molar-refractivity contribution in [2.75, 3.05) is 12.4 Å². The number of hydrogen-bond acceptors (Lipinski definition) is 6. The monoisotopic (exact) mass is 396 g/mol. The number of carbonyl (C=O) groups is 2. The third-order valence-corrected chi connectivity index (χ3v) is 4.93. The van der Waals surface area contributed by atoms with Gasteiger partial charge in [0, 0.05) is 5.56 Å². The first-order valence-corrected chi connectivity index (χ1v) is 9.45. The van der Waals surface area contributed by atoms with Crippen LogP contribution < -0.4 is 15.4 Å². The van der Waals surface area contributed by atoms with Gasteiger partial charge in [0.2, 0.25) is 11.0 Å². The zero-order valence-electron chi connectivity index (χ0n) is 15.7. The molecule has 7 nitrogen and oxygen atoms in total. The van der Waals surface area contributed by atoms with Crippen molar-refractivity contribution in [3.8, 4) is 16.3 Å². The fraction of sp³-hybridized carbons (Fsp3) is 0.200. The van der Waals surface area contributed by atoms with Crippen LogP contribution in [0.2, 0.25) is 0 Å². The van der Waals surface area contributed by atoms with Crippen LogP contribution in [-0.4, -0.2) is 35.2 Å². The summed E-state index contributed by atoms with van der Waals surface area (Å²) in [5.74, 6) is -0.327. The molecule has 2 amide bonds. The van der Waals surface area contributed by atoms with Gasteiger partial charge in [-0.15, -0.1) is 10.2 Å².